The molecule has 0 spiro atoms. The number of hydrogen-bond donors (Lipinski definition) is 1. The fourth-order valence-electron chi connectivity index (χ4n) is 2.39. The van der Waals surface area contributed by atoms with Crippen LogP contribution in [0.3, 0.4) is 0 Å². The number of hydrogen-bond acceptors (Lipinski definition) is 1. The highest BCUT2D eigenvalue weighted by molar-refractivity contribution is 5.92. The van der Waals surface area contributed by atoms with Crippen LogP contribution in [0.15, 0.2) is 30.3 Å². The highest BCUT2D eigenvalue weighted by atomic mass is 14.2. The molecular weight excluding hydrogens is 194 g/mol. The van der Waals surface area contributed by atoms with Gasteiger partial charge in [0, 0.05) is 0 Å². The second-order valence-corrected chi connectivity index (χ2v) is 3.88. The van der Waals surface area contributed by atoms with Gasteiger partial charge in [-0.2, -0.15) is 0 Å². The van der Waals surface area contributed by atoms with Crippen LogP contribution in [0.5, 0.6) is 0 Å². The van der Waals surface area contributed by atoms with Crippen molar-refractivity contribution in [1.82, 2.24) is 6.15 Å². The van der Waals surface area contributed by atoms with Crippen molar-refractivity contribution in [2.75, 3.05) is 0 Å². The Balaban J connectivity index is 0.000000406. The van der Waals surface area contributed by atoms with E-state index in [-0.39, 0.29) is 6.15 Å². The van der Waals surface area contributed by atoms with Crippen LogP contribution in [0.25, 0.3) is 10.8 Å². The molecule has 3 N–H and O–H groups in total. The zero-order chi connectivity index (χ0) is 10.8. The van der Waals surface area contributed by atoms with Gasteiger partial charge in [-0.05, 0) is 47.2 Å². The van der Waals surface area contributed by atoms with Crippen LogP contribution in [-0.4, -0.2) is 0 Å². The Kier molecular flexibility index (Phi) is 4.08. The maximum Gasteiger partial charge on any atom is -0.0117 e. The first-order valence-corrected chi connectivity index (χ1v) is 5.86. The van der Waals surface area contributed by atoms with E-state index in [1.165, 1.54) is 40.3 Å². The second kappa shape index (κ2) is 5.13. The summed E-state index contributed by atoms with van der Waals surface area (Å²) < 4.78 is 0. The second-order valence-electron chi connectivity index (χ2n) is 3.88. The first-order chi connectivity index (χ1) is 7.36. The van der Waals surface area contributed by atoms with Crippen LogP contribution in [0.2, 0.25) is 0 Å². The largest absolute Gasteiger partial charge is 0.344 e. The van der Waals surface area contributed by atoms with Crippen molar-refractivity contribution in [2.45, 2.75) is 33.6 Å². The Morgan fingerprint density at radius 1 is 0.875 bits per heavy atom. The quantitative estimate of drug-likeness (QED) is 0.693. The van der Waals surface area contributed by atoms with Crippen LogP contribution in [0.4, 0.5) is 0 Å². The van der Waals surface area contributed by atoms with Crippen molar-refractivity contribution in [2.24, 2.45) is 0 Å². The van der Waals surface area contributed by atoms with Gasteiger partial charge in [0.25, 0.3) is 0 Å². The minimum absolute atomic E-state index is 0. The number of aryl methyl sites for hydroxylation is 3. The van der Waals surface area contributed by atoms with E-state index in [2.05, 4.69) is 37.3 Å². The summed E-state index contributed by atoms with van der Waals surface area (Å²) in [4.78, 5) is 0. The van der Waals surface area contributed by atoms with Crippen molar-refractivity contribution in [3.8, 4) is 0 Å². The van der Waals surface area contributed by atoms with Crippen LogP contribution < -0.4 is 6.15 Å². The summed E-state index contributed by atoms with van der Waals surface area (Å²) in [6.45, 7) is 6.20. The maximum absolute atomic E-state index is 2.29. The number of benzene rings is 2. The summed E-state index contributed by atoms with van der Waals surface area (Å²) in [6.07, 6.45) is 2.46. The zero-order valence-corrected chi connectivity index (χ0v) is 10.5. The summed E-state index contributed by atoms with van der Waals surface area (Å²) in [5.41, 5.74) is 4.48. The Labute approximate surface area is 98.1 Å². The van der Waals surface area contributed by atoms with Crippen LogP contribution in [0, 0.1) is 6.92 Å². The van der Waals surface area contributed by atoms with Crippen molar-refractivity contribution in [3.05, 3.63) is 47.0 Å². The molecule has 0 saturated heterocycles. The Bertz CT molecular complexity index is 476. The minimum atomic E-state index is 0. The minimum Gasteiger partial charge on any atom is -0.344 e. The van der Waals surface area contributed by atoms with Gasteiger partial charge < -0.3 is 6.15 Å². The lowest BCUT2D eigenvalue weighted by atomic mass is 10.0. The Morgan fingerprint density at radius 3 is 2.19 bits per heavy atom. The van der Waals surface area contributed by atoms with E-state index in [9.17, 15) is 0 Å². The zero-order valence-electron chi connectivity index (χ0n) is 10.5. The smallest absolute Gasteiger partial charge is 0.0117 e. The molecule has 0 radical (unpaired) electrons. The molecule has 1 nitrogen and oxygen atoms in total. The Hall–Kier alpha value is -1.34. The van der Waals surface area contributed by atoms with Gasteiger partial charge >= 0.3 is 0 Å². The molecule has 0 amide bonds. The molecule has 0 unspecified atom stereocenters. The molecule has 0 fully saturated rings. The molecule has 0 aromatic heterocycles. The molecule has 0 bridgehead atoms. The molecule has 1 aliphatic rings. The first kappa shape index (κ1) is 12.7. The van der Waals surface area contributed by atoms with Crippen molar-refractivity contribution in [1.29, 1.82) is 0 Å². The molecule has 0 heterocycles. The van der Waals surface area contributed by atoms with E-state index < -0.39 is 0 Å². The van der Waals surface area contributed by atoms with Crippen molar-refractivity contribution in [3.63, 3.8) is 0 Å². The third-order valence-corrected chi connectivity index (χ3v) is 3.09. The first-order valence-electron chi connectivity index (χ1n) is 5.86. The van der Waals surface area contributed by atoms with Crippen molar-refractivity contribution >= 4 is 10.8 Å². The van der Waals surface area contributed by atoms with E-state index in [1.807, 2.05) is 13.8 Å². The van der Waals surface area contributed by atoms with E-state index in [0.29, 0.717) is 0 Å². The molecule has 0 atom stereocenters. The van der Waals surface area contributed by atoms with Gasteiger partial charge in [-0.15, -0.1) is 0 Å². The fourth-order valence-corrected chi connectivity index (χ4v) is 2.39. The van der Waals surface area contributed by atoms with Gasteiger partial charge in [0.05, 0.1) is 0 Å². The molecule has 3 rings (SSSR count). The summed E-state index contributed by atoms with van der Waals surface area (Å²) in [5.74, 6) is 0. The average molecular weight is 215 g/mol. The normalized spacial score (nSPS) is 11.7. The molecule has 0 saturated carbocycles. The molecule has 2 aromatic carbocycles. The molecular formula is C15H21N. The van der Waals surface area contributed by atoms with E-state index in [1.54, 1.807) is 0 Å². The van der Waals surface area contributed by atoms with E-state index >= 15 is 0 Å². The standard InChI is InChI=1S/C13H12.C2H6.H3N/c1-9-5-6-11-8-7-10-3-2-4-12(9)13(10)11;1-2;/h2-6H,7-8H2,1H3;1-2H3;1H3. The van der Waals surface area contributed by atoms with Gasteiger partial charge in [0.15, 0.2) is 0 Å². The third kappa shape index (κ3) is 1.83. The lowest BCUT2D eigenvalue weighted by Gasteiger charge is -2.04. The molecule has 2 aromatic rings. The highest BCUT2D eigenvalue weighted by Gasteiger charge is 2.13. The predicted octanol–water partition coefficient (Wildman–Crippen LogP) is 4.44. The summed E-state index contributed by atoms with van der Waals surface area (Å²) in [7, 11) is 0. The maximum atomic E-state index is 2.29. The van der Waals surface area contributed by atoms with Gasteiger partial charge in [-0.3, -0.25) is 0 Å². The fraction of sp³-hybridized carbons (Fsp3) is 0.333. The van der Waals surface area contributed by atoms with Gasteiger partial charge in [-0.25, -0.2) is 0 Å². The van der Waals surface area contributed by atoms with Crippen molar-refractivity contribution < 1.29 is 0 Å². The molecule has 0 aliphatic heterocycles. The highest BCUT2D eigenvalue weighted by Crippen LogP contribution is 2.32. The van der Waals surface area contributed by atoms with E-state index in [4.69, 9.17) is 0 Å². The van der Waals surface area contributed by atoms with E-state index in [0.717, 1.165) is 0 Å². The van der Waals surface area contributed by atoms with Crippen LogP contribution >= 0.6 is 0 Å². The van der Waals surface area contributed by atoms with Gasteiger partial charge in [0.2, 0.25) is 0 Å². The molecule has 1 heteroatoms. The average Bonchev–Trinajstić information content (AvgIpc) is 2.71. The monoisotopic (exact) mass is 215 g/mol. The van der Waals surface area contributed by atoms with Gasteiger partial charge in [0.1, 0.15) is 0 Å². The number of rotatable bonds is 0. The summed E-state index contributed by atoms with van der Waals surface area (Å²) >= 11 is 0. The SMILES string of the molecule is CC.Cc1ccc2c3c(cccc13)CC2.N. The predicted molar refractivity (Wildman–Crippen MR) is 72.5 cm³/mol. The lowest BCUT2D eigenvalue weighted by molar-refractivity contribution is 1.02. The molecule has 16 heavy (non-hydrogen) atoms. The topological polar surface area (TPSA) is 35.0 Å². The van der Waals surface area contributed by atoms with Gasteiger partial charge in [-0.1, -0.05) is 44.2 Å². The third-order valence-electron chi connectivity index (χ3n) is 3.09. The Morgan fingerprint density at radius 2 is 1.50 bits per heavy atom. The molecule has 86 valence electrons. The lowest BCUT2D eigenvalue weighted by Crippen LogP contribution is -1.81. The summed E-state index contributed by atoms with van der Waals surface area (Å²) in [5, 5.41) is 2.98. The van der Waals surface area contributed by atoms with Crippen LogP contribution in [0.1, 0.15) is 30.5 Å². The summed E-state index contributed by atoms with van der Waals surface area (Å²) in [6, 6.07) is 11.2. The molecule has 1 aliphatic carbocycles. The van der Waals surface area contributed by atoms with Crippen LogP contribution in [-0.2, 0) is 12.8 Å².